The molecule has 1 aromatic heterocycles. The van der Waals surface area contributed by atoms with Crippen molar-refractivity contribution in [1.29, 1.82) is 0 Å². The van der Waals surface area contributed by atoms with Gasteiger partial charge < -0.3 is 9.72 Å². The average molecular weight is 319 g/mol. The Bertz CT molecular complexity index is 419. The summed E-state index contributed by atoms with van der Waals surface area (Å²) in [7, 11) is 1.71. The monoisotopic (exact) mass is 318 g/mol. The minimum Gasteiger partial charge on any atom is -0.374 e. The van der Waals surface area contributed by atoms with Gasteiger partial charge in [-0.2, -0.15) is 0 Å². The van der Waals surface area contributed by atoms with E-state index in [-0.39, 0.29) is 6.10 Å². The van der Waals surface area contributed by atoms with Gasteiger partial charge in [-0.3, -0.25) is 0 Å². The highest BCUT2D eigenvalue weighted by atomic mass is 79.9. The summed E-state index contributed by atoms with van der Waals surface area (Å²) in [6, 6.07) is 0. The highest BCUT2D eigenvalue weighted by Crippen LogP contribution is 2.23. The highest BCUT2D eigenvalue weighted by molar-refractivity contribution is 9.10. The number of methoxy groups -OCH3 is 1. The fourth-order valence-corrected chi connectivity index (χ4v) is 2.34. The summed E-state index contributed by atoms with van der Waals surface area (Å²) in [4.78, 5) is 7.73. The molecule has 0 amide bonds. The lowest BCUT2D eigenvalue weighted by Gasteiger charge is -2.15. The lowest BCUT2D eigenvalue weighted by Crippen LogP contribution is -2.09. The van der Waals surface area contributed by atoms with Crippen molar-refractivity contribution in [2.45, 2.75) is 45.6 Å². The van der Waals surface area contributed by atoms with Crippen LogP contribution in [0.2, 0.25) is 0 Å². The Labute approximate surface area is 116 Å². The van der Waals surface area contributed by atoms with Crippen molar-refractivity contribution in [3.8, 4) is 0 Å². The predicted octanol–water partition coefficient (Wildman–Crippen LogP) is 4.34. The average Bonchev–Trinajstić information content (AvgIpc) is 2.32. The summed E-state index contributed by atoms with van der Waals surface area (Å²) in [5.74, 6) is 0.839. The molecule has 0 fully saturated rings. The number of nitrogens with one attached hydrogen (secondary N) is 1. The Kier molecular flexibility index (Phi) is 6.30. The summed E-state index contributed by atoms with van der Waals surface area (Å²) >= 11 is 8.75. The number of aromatic nitrogens is 2. The summed E-state index contributed by atoms with van der Waals surface area (Å²) in [6.45, 7) is 4.27. The zero-order valence-electron chi connectivity index (χ0n) is 10.5. The summed E-state index contributed by atoms with van der Waals surface area (Å²) in [5, 5.41) is 0. The second-order valence-corrected chi connectivity index (χ2v) is 5.16. The molecule has 5 heteroatoms. The molecular formula is C12H19BrN2OS. The third kappa shape index (κ3) is 3.86. The van der Waals surface area contributed by atoms with Gasteiger partial charge in [-0.05, 0) is 28.8 Å². The summed E-state index contributed by atoms with van der Waals surface area (Å²) in [5.41, 5.74) is 1.11. The molecule has 0 aromatic carbocycles. The smallest absolute Gasteiger partial charge is 0.144 e. The molecule has 0 aliphatic carbocycles. The summed E-state index contributed by atoms with van der Waals surface area (Å²) in [6.07, 6.45) is 4.04. The van der Waals surface area contributed by atoms with Gasteiger partial charge in [0, 0.05) is 12.8 Å². The maximum absolute atomic E-state index is 5.45. The van der Waals surface area contributed by atoms with Crippen LogP contribution in [0.5, 0.6) is 0 Å². The van der Waals surface area contributed by atoms with E-state index in [1.54, 1.807) is 7.11 Å². The van der Waals surface area contributed by atoms with Gasteiger partial charge in [0.25, 0.3) is 0 Å². The van der Waals surface area contributed by atoms with Crippen molar-refractivity contribution >= 4 is 28.1 Å². The van der Waals surface area contributed by atoms with Gasteiger partial charge in [0.1, 0.15) is 16.6 Å². The molecule has 1 aromatic rings. The van der Waals surface area contributed by atoms with E-state index >= 15 is 0 Å². The third-order valence-electron chi connectivity index (χ3n) is 2.59. The fraction of sp³-hybridized carbons (Fsp3) is 0.667. The molecular weight excluding hydrogens is 300 g/mol. The van der Waals surface area contributed by atoms with E-state index in [9.17, 15) is 0 Å². The van der Waals surface area contributed by atoms with Gasteiger partial charge in [-0.1, -0.05) is 38.9 Å². The van der Waals surface area contributed by atoms with Crippen LogP contribution in [0, 0.1) is 4.64 Å². The van der Waals surface area contributed by atoms with E-state index in [4.69, 9.17) is 17.0 Å². The van der Waals surface area contributed by atoms with Gasteiger partial charge >= 0.3 is 0 Å². The van der Waals surface area contributed by atoms with Crippen LogP contribution in [0.3, 0.4) is 0 Å². The van der Waals surface area contributed by atoms with Crippen LogP contribution in [0.25, 0.3) is 0 Å². The maximum atomic E-state index is 5.45. The minimum absolute atomic E-state index is 0.00501. The van der Waals surface area contributed by atoms with Crippen molar-refractivity contribution in [1.82, 2.24) is 9.97 Å². The molecule has 3 nitrogen and oxygen atoms in total. The lowest BCUT2D eigenvalue weighted by molar-refractivity contribution is 0.0872. The van der Waals surface area contributed by atoms with Crippen LogP contribution < -0.4 is 0 Å². The Morgan fingerprint density at radius 3 is 2.65 bits per heavy atom. The number of hydrogen-bond acceptors (Lipinski definition) is 3. The van der Waals surface area contributed by atoms with Gasteiger partial charge in [0.05, 0.1) is 4.47 Å². The number of halogens is 1. The number of hydrogen-bond donors (Lipinski definition) is 1. The first-order chi connectivity index (χ1) is 8.13. The minimum atomic E-state index is 0.00501. The predicted molar refractivity (Wildman–Crippen MR) is 75.8 cm³/mol. The molecule has 0 saturated carbocycles. The lowest BCUT2D eigenvalue weighted by atomic mass is 10.2. The van der Waals surface area contributed by atoms with Gasteiger partial charge in [-0.15, -0.1) is 0 Å². The zero-order chi connectivity index (χ0) is 12.8. The van der Waals surface area contributed by atoms with Gasteiger partial charge in [-0.25, -0.2) is 4.98 Å². The SMILES string of the molecule is CCCc1[nH]c(C(CCC)OC)nc(=S)c1Br. The largest absolute Gasteiger partial charge is 0.374 e. The van der Waals surface area contributed by atoms with Crippen molar-refractivity contribution in [3.05, 3.63) is 20.6 Å². The van der Waals surface area contributed by atoms with Gasteiger partial charge in [0.15, 0.2) is 0 Å². The van der Waals surface area contributed by atoms with E-state index in [0.717, 1.165) is 41.7 Å². The molecule has 0 aliphatic heterocycles. The van der Waals surface area contributed by atoms with Gasteiger partial charge in [0.2, 0.25) is 0 Å². The molecule has 17 heavy (non-hydrogen) atoms. The first-order valence-electron chi connectivity index (χ1n) is 5.95. The van der Waals surface area contributed by atoms with Crippen LogP contribution in [0.4, 0.5) is 0 Å². The van der Waals surface area contributed by atoms with E-state index in [1.165, 1.54) is 0 Å². The highest BCUT2D eigenvalue weighted by Gasteiger charge is 2.14. The molecule has 0 spiro atoms. The Balaban J connectivity index is 3.12. The number of ether oxygens (including phenoxy) is 1. The van der Waals surface area contributed by atoms with E-state index in [1.807, 2.05) is 0 Å². The van der Waals surface area contributed by atoms with Crippen LogP contribution in [-0.2, 0) is 11.2 Å². The quantitative estimate of drug-likeness (QED) is 0.793. The molecule has 1 N–H and O–H groups in total. The maximum Gasteiger partial charge on any atom is 0.144 e. The topological polar surface area (TPSA) is 37.9 Å². The molecule has 0 aliphatic rings. The molecule has 0 bridgehead atoms. The number of aromatic amines is 1. The number of nitrogens with zero attached hydrogens (tertiary/aromatic N) is 1. The Morgan fingerprint density at radius 1 is 1.41 bits per heavy atom. The Hall–Kier alpha value is -0.260. The van der Waals surface area contributed by atoms with E-state index in [2.05, 4.69) is 39.7 Å². The standard InChI is InChI=1S/C12H19BrN2OS/c1-4-6-8-10(13)12(17)15-11(14-8)9(16-3)7-5-2/h9H,4-7H2,1-3H3,(H,14,15,17). The van der Waals surface area contributed by atoms with Crippen LogP contribution in [0.1, 0.15) is 50.7 Å². The van der Waals surface area contributed by atoms with Crippen molar-refractivity contribution < 1.29 is 4.74 Å². The van der Waals surface area contributed by atoms with E-state index in [0.29, 0.717) is 4.64 Å². The molecule has 1 rings (SSSR count). The Morgan fingerprint density at radius 2 is 2.12 bits per heavy atom. The van der Waals surface area contributed by atoms with Crippen LogP contribution in [0.15, 0.2) is 4.47 Å². The molecule has 1 atom stereocenters. The number of aryl methyl sites for hydroxylation is 1. The van der Waals surface area contributed by atoms with E-state index < -0.39 is 0 Å². The van der Waals surface area contributed by atoms with Crippen LogP contribution >= 0.6 is 28.1 Å². The molecule has 1 unspecified atom stereocenters. The molecule has 96 valence electrons. The molecule has 1 heterocycles. The summed E-state index contributed by atoms with van der Waals surface area (Å²) < 4.78 is 6.97. The normalized spacial score (nSPS) is 12.7. The first kappa shape index (κ1) is 14.8. The molecule has 0 saturated heterocycles. The zero-order valence-corrected chi connectivity index (χ0v) is 12.9. The number of rotatable bonds is 6. The second kappa shape index (κ2) is 7.24. The van der Waals surface area contributed by atoms with Crippen molar-refractivity contribution in [3.63, 3.8) is 0 Å². The fourth-order valence-electron chi connectivity index (χ4n) is 1.73. The van der Waals surface area contributed by atoms with Crippen molar-refractivity contribution in [2.24, 2.45) is 0 Å². The third-order valence-corrected chi connectivity index (χ3v) is 4.01. The second-order valence-electron chi connectivity index (χ2n) is 3.98. The molecule has 0 radical (unpaired) electrons. The van der Waals surface area contributed by atoms with Crippen LogP contribution in [-0.4, -0.2) is 17.1 Å². The first-order valence-corrected chi connectivity index (χ1v) is 7.15. The van der Waals surface area contributed by atoms with Crippen molar-refractivity contribution in [2.75, 3.05) is 7.11 Å². The number of H-pyrrole nitrogens is 1.